The van der Waals surface area contributed by atoms with E-state index in [1.165, 1.54) is 0 Å². The second-order valence-corrected chi connectivity index (χ2v) is 7.12. The van der Waals surface area contributed by atoms with E-state index in [0.717, 1.165) is 33.4 Å². The quantitative estimate of drug-likeness (QED) is 0.498. The molecule has 4 rings (SSSR count). The van der Waals surface area contributed by atoms with Crippen molar-refractivity contribution in [3.05, 3.63) is 84.2 Å². The monoisotopic (exact) mass is 392 g/mol. The zero-order chi connectivity index (χ0) is 18.8. The number of halogens is 1. The van der Waals surface area contributed by atoms with Crippen molar-refractivity contribution >= 4 is 23.3 Å². The molecular weight excluding hydrogens is 368 g/mol. The first-order valence-electron chi connectivity index (χ1n) is 9.37. The Morgan fingerprint density at radius 3 is 2.39 bits per heavy atom. The minimum absolute atomic E-state index is 0. The van der Waals surface area contributed by atoms with Gasteiger partial charge in [0.25, 0.3) is 0 Å². The second kappa shape index (κ2) is 8.55. The molecule has 1 unspecified atom stereocenters. The molecule has 0 saturated heterocycles. The number of para-hydroxylation sites is 1. The van der Waals surface area contributed by atoms with Gasteiger partial charge in [-0.1, -0.05) is 48.5 Å². The van der Waals surface area contributed by atoms with E-state index in [4.69, 9.17) is 10.8 Å². The van der Waals surface area contributed by atoms with Gasteiger partial charge in [0, 0.05) is 41.3 Å². The summed E-state index contributed by atoms with van der Waals surface area (Å²) in [6.07, 6.45) is 2.51. The Bertz CT molecular complexity index is 1060. The molecule has 2 N–H and O–H groups in total. The molecule has 0 saturated carbocycles. The molecule has 0 radical (unpaired) electrons. The number of pyridine rings is 1. The number of aromatic nitrogens is 3. The fourth-order valence-electron chi connectivity index (χ4n) is 3.57. The van der Waals surface area contributed by atoms with Gasteiger partial charge in [-0.05, 0) is 37.6 Å². The standard InChI is InChI=1S/C23H24N4.ClH/c1-16(2)27-22-13-6-5-12-20(22)23(26-27)19-11-4-3-10-18(19)21(24)15-17-9-7-8-14-25-17;/h3-14,16,21H,15,24H2,1-2H3;1H. The molecule has 2 aromatic heterocycles. The van der Waals surface area contributed by atoms with E-state index < -0.39 is 0 Å². The van der Waals surface area contributed by atoms with Crippen molar-refractivity contribution in [1.82, 2.24) is 14.8 Å². The molecule has 0 fully saturated rings. The zero-order valence-corrected chi connectivity index (χ0v) is 16.9. The van der Waals surface area contributed by atoms with Crippen LogP contribution in [0.1, 0.15) is 37.2 Å². The Morgan fingerprint density at radius 2 is 1.64 bits per heavy atom. The number of hydrogen-bond donors (Lipinski definition) is 1. The van der Waals surface area contributed by atoms with Crippen LogP contribution in [0, 0.1) is 0 Å². The molecule has 0 spiro atoms. The summed E-state index contributed by atoms with van der Waals surface area (Å²) in [5.41, 5.74) is 11.9. The summed E-state index contributed by atoms with van der Waals surface area (Å²) >= 11 is 0. The molecule has 2 aromatic carbocycles. The largest absolute Gasteiger partial charge is 0.324 e. The van der Waals surface area contributed by atoms with Gasteiger partial charge in [-0.2, -0.15) is 5.10 Å². The number of fused-ring (bicyclic) bond motifs is 1. The maximum atomic E-state index is 6.60. The minimum atomic E-state index is -0.140. The lowest BCUT2D eigenvalue weighted by atomic mass is 9.94. The zero-order valence-electron chi connectivity index (χ0n) is 16.1. The first kappa shape index (κ1) is 20.1. The lowest BCUT2D eigenvalue weighted by Gasteiger charge is -2.15. The lowest BCUT2D eigenvalue weighted by Crippen LogP contribution is -2.15. The van der Waals surface area contributed by atoms with Gasteiger partial charge in [0.1, 0.15) is 5.69 Å². The van der Waals surface area contributed by atoms with Crippen molar-refractivity contribution < 1.29 is 0 Å². The van der Waals surface area contributed by atoms with Crippen LogP contribution in [-0.2, 0) is 6.42 Å². The molecule has 0 amide bonds. The Balaban J connectivity index is 0.00000225. The highest BCUT2D eigenvalue weighted by atomic mass is 35.5. The van der Waals surface area contributed by atoms with Crippen molar-refractivity contribution in [2.45, 2.75) is 32.4 Å². The Kier molecular flexibility index (Phi) is 6.12. The van der Waals surface area contributed by atoms with E-state index in [1.54, 1.807) is 0 Å². The Morgan fingerprint density at radius 1 is 0.929 bits per heavy atom. The predicted molar refractivity (Wildman–Crippen MR) is 118 cm³/mol. The molecule has 5 heteroatoms. The minimum Gasteiger partial charge on any atom is -0.324 e. The van der Waals surface area contributed by atoms with Gasteiger partial charge in [-0.25, -0.2) is 0 Å². The van der Waals surface area contributed by atoms with E-state index in [9.17, 15) is 0 Å². The number of nitrogens with two attached hydrogens (primary N) is 1. The van der Waals surface area contributed by atoms with Gasteiger partial charge in [-0.15, -0.1) is 12.4 Å². The molecule has 4 aromatic rings. The number of rotatable bonds is 5. The molecule has 0 aliphatic rings. The molecule has 0 aliphatic heterocycles. The number of benzene rings is 2. The summed E-state index contributed by atoms with van der Waals surface area (Å²) in [4.78, 5) is 4.42. The highest BCUT2D eigenvalue weighted by Gasteiger charge is 2.19. The molecular formula is C23H25ClN4. The highest BCUT2D eigenvalue weighted by molar-refractivity contribution is 5.94. The highest BCUT2D eigenvalue weighted by Crippen LogP contribution is 2.34. The van der Waals surface area contributed by atoms with Crippen LogP contribution in [0.25, 0.3) is 22.2 Å². The smallest absolute Gasteiger partial charge is 0.100 e. The van der Waals surface area contributed by atoms with Crippen LogP contribution in [0.15, 0.2) is 72.9 Å². The summed E-state index contributed by atoms with van der Waals surface area (Å²) in [7, 11) is 0. The van der Waals surface area contributed by atoms with Crippen LogP contribution in [-0.4, -0.2) is 14.8 Å². The van der Waals surface area contributed by atoms with Crippen LogP contribution in [0.5, 0.6) is 0 Å². The van der Waals surface area contributed by atoms with Crippen molar-refractivity contribution in [2.75, 3.05) is 0 Å². The van der Waals surface area contributed by atoms with Crippen molar-refractivity contribution in [2.24, 2.45) is 5.73 Å². The summed E-state index contributed by atoms with van der Waals surface area (Å²) in [6, 6.07) is 22.8. The normalized spacial score (nSPS) is 12.1. The first-order valence-corrected chi connectivity index (χ1v) is 9.37. The van der Waals surface area contributed by atoms with Crippen LogP contribution in [0.4, 0.5) is 0 Å². The van der Waals surface area contributed by atoms with Gasteiger partial charge in [-0.3, -0.25) is 9.67 Å². The van der Waals surface area contributed by atoms with E-state index >= 15 is 0 Å². The van der Waals surface area contributed by atoms with Crippen molar-refractivity contribution in [1.29, 1.82) is 0 Å². The van der Waals surface area contributed by atoms with E-state index in [1.807, 2.05) is 30.5 Å². The third-order valence-corrected chi connectivity index (χ3v) is 4.87. The fraction of sp³-hybridized carbons (Fsp3) is 0.217. The van der Waals surface area contributed by atoms with Gasteiger partial charge in [0.15, 0.2) is 0 Å². The molecule has 0 bridgehead atoms. The molecule has 28 heavy (non-hydrogen) atoms. The topological polar surface area (TPSA) is 56.7 Å². The van der Waals surface area contributed by atoms with E-state index in [2.05, 4.69) is 66.0 Å². The van der Waals surface area contributed by atoms with Crippen molar-refractivity contribution in [3.8, 4) is 11.3 Å². The second-order valence-electron chi connectivity index (χ2n) is 7.12. The molecule has 1 atom stereocenters. The van der Waals surface area contributed by atoms with Gasteiger partial charge in [0.05, 0.1) is 5.52 Å². The first-order chi connectivity index (χ1) is 13.1. The lowest BCUT2D eigenvalue weighted by molar-refractivity contribution is 0.552. The van der Waals surface area contributed by atoms with Crippen LogP contribution in [0.2, 0.25) is 0 Å². The number of hydrogen-bond acceptors (Lipinski definition) is 3. The molecule has 0 aliphatic carbocycles. The van der Waals surface area contributed by atoms with E-state index in [-0.39, 0.29) is 24.5 Å². The average molecular weight is 393 g/mol. The van der Waals surface area contributed by atoms with Crippen LogP contribution < -0.4 is 5.73 Å². The van der Waals surface area contributed by atoms with Gasteiger partial charge in [0.2, 0.25) is 0 Å². The predicted octanol–water partition coefficient (Wildman–Crippen LogP) is 5.34. The summed E-state index contributed by atoms with van der Waals surface area (Å²) in [5.74, 6) is 0. The van der Waals surface area contributed by atoms with Crippen LogP contribution >= 0.6 is 12.4 Å². The summed E-state index contributed by atoms with van der Waals surface area (Å²) in [5, 5.41) is 6.11. The van der Waals surface area contributed by atoms with E-state index in [0.29, 0.717) is 6.42 Å². The summed E-state index contributed by atoms with van der Waals surface area (Å²) in [6.45, 7) is 4.31. The Labute approximate surface area is 171 Å². The maximum Gasteiger partial charge on any atom is 0.100 e. The summed E-state index contributed by atoms with van der Waals surface area (Å²) < 4.78 is 2.09. The average Bonchev–Trinajstić information content (AvgIpc) is 3.09. The third kappa shape index (κ3) is 3.79. The molecule has 144 valence electrons. The van der Waals surface area contributed by atoms with Gasteiger partial charge >= 0.3 is 0 Å². The molecule has 4 nitrogen and oxygen atoms in total. The fourth-order valence-corrected chi connectivity index (χ4v) is 3.57. The SMILES string of the molecule is CC(C)n1nc(-c2ccccc2C(N)Cc2ccccn2)c2ccccc21.Cl. The maximum absolute atomic E-state index is 6.60. The molecule has 2 heterocycles. The number of nitrogens with zero attached hydrogens (tertiary/aromatic N) is 3. The van der Waals surface area contributed by atoms with Crippen molar-refractivity contribution in [3.63, 3.8) is 0 Å². The van der Waals surface area contributed by atoms with Gasteiger partial charge < -0.3 is 5.73 Å². The van der Waals surface area contributed by atoms with Crippen LogP contribution in [0.3, 0.4) is 0 Å². The Hall–Kier alpha value is -2.69. The third-order valence-electron chi connectivity index (χ3n) is 4.87.